The molecule has 0 atom stereocenters. The SMILES string of the molecule is O=C(CNC(=O)c1ccc(F)cc1F)Nc1cccc(O)c1F. The molecule has 0 aliphatic heterocycles. The van der Waals surface area contributed by atoms with E-state index in [4.69, 9.17) is 5.11 Å². The van der Waals surface area contributed by atoms with E-state index in [1.54, 1.807) is 0 Å². The largest absolute Gasteiger partial charge is 0.505 e. The van der Waals surface area contributed by atoms with Gasteiger partial charge in [0.2, 0.25) is 5.91 Å². The first-order valence-corrected chi connectivity index (χ1v) is 6.39. The molecule has 2 amide bonds. The Morgan fingerprint density at radius 1 is 1.09 bits per heavy atom. The van der Waals surface area contributed by atoms with Crippen LogP contribution in [0.25, 0.3) is 0 Å². The first-order chi connectivity index (χ1) is 10.9. The summed E-state index contributed by atoms with van der Waals surface area (Å²) < 4.78 is 39.6. The van der Waals surface area contributed by atoms with Gasteiger partial charge in [-0.25, -0.2) is 13.2 Å². The third-order valence-corrected chi connectivity index (χ3v) is 2.84. The van der Waals surface area contributed by atoms with Gasteiger partial charge in [0.1, 0.15) is 11.6 Å². The number of amides is 2. The van der Waals surface area contributed by atoms with E-state index in [0.717, 1.165) is 18.2 Å². The van der Waals surface area contributed by atoms with Crippen molar-refractivity contribution in [1.82, 2.24) is 5.32 Å². The number of anilines is 1. The molecule has 0 aromatic heterocycles. The number of phenolic OH excluding ortho intramolecular Hbond substituents is 1. The summed E-state index contributed by atoms with van der Waals surface area (Å²) in [6, 6.07) is 6.02. The molecule has 0 heterocycles. The third-order valence-electron chi connectivity index (χ3n) is 2.84. The van der Waals surface area contributed by atoms with Crippen LogP contribution in [0.3, 0.4) is 0 Å². The van der Waals surface area contributed by atoms with Gasteiger partial charge in [-0.05, 0) is 24.3 Å². The van der Waals surface area contributed by atoms with Gasteiger partial charge in [-0.15, -0.1) is 0 Å². The first kappa shape index (κ1) is 16.3. The van der Waals surface area contributed by atoms with Crippen LogP contribution in [-0.4, -0.2) is 23.5 Å². The predicted molar refractivity (Wildman–Crippen MR) is 75.4 cm³/mol. The molecule has 0 bridgehead atoms. The highest BCUT2D eigenvalue weighted by atomic mass is 19.1. The van der Waals surface area contributed by atoms with Gasteiger partial charge in [-0.3, -0.25) is 9.59 Å². The van der Waals surface area contributed by atoms with E-state index >= 15 is 0 Å². The van der Waals surface area contributed by atoms with Crippen LogP contribution in [-0.2, 0) is 4.79 Å². The second-order valence-corrected chi connectivity index (χ2v) is 4.49. The number of phenols is 1. The maximum absolute atomic E-state index is 13.5. The molecular formula is C15H11F3N2O3. The molecule has 0 aliphatic carbocycles. The lowest BCUT2D eigenvalue weighted by Gasteiger charge is -2.09. The number of carbonyl (C=O) groups excluding carboxylic acids is 2. The van der Waals surface area contributed by atoms with Crippen molar-refractivity contribution in [2.24, 2.45) is 0 Å². The molecular weight excluding hydrogens is 313 g/mol. The molecule has 5 nitrogen and oxygen atoms in total. The van der Waals surface area contributed by atoms with Gasteiger partial charge in [0, 0.05) is 6.07 Å². The maximum atomic E-state index is 13.5. The zero-order chi connectivity index (χ0) is 17.0. The van der Waals surface area contributed by atoms with Gasteiger partial charge in [-0.2, -0.15) is 0 Å². The second kappa shape index (κ2) is 6.82. The van der Waals surface area contributed by atoms with Crippen LogP contribution in [0.4, 0.5) is 18.9 Å². The van der Waals surface area contributed by atoms with Gasteiger partial charge < -0.3 is 15.7 Å². The monoisotopic (exact) mass is 324 g/mol. The fraction of sp³-hybridized carbons (Fsp3) is 0.0667. The Kier molecular flexibility index (Phi) is 4.85. The molecule has 23 heavy (non-hydrogen) atoms. The minimum absolute atomic E-state index is 0.266. The highest BCUT2D eigenvalue weighted by Gasteiger charge is 2.15. The molecule has 2 rings (SSSR count). The lowest BCUT2D eigenvalue weighted by molar-refractivity contribution is -0.115. The number of hydrogen-bond acceptors (Lipinski definition) is 3. The number of carbonyl (C=O) groups is 2. The molecule has 0 unspecified atom stereocenters. The standard InChI is InChI=1S/C15H11F3N2O3/c16-8-4-5-9(10(17)6-8)15(23)19-7-13(22)20-11-2-1-3-12(21)14(11)18/h1-6,21H,7H2,(H,19,23)(H,20,22). The van der Waals surface area contributed by atoms with Crippen LogP contribution in [0, 0.1) is 17.5 Å². The van der Waals surface area contributed by atoms with E-state index in [1.165, 1.54) is 12.1 Å². The van der Waals surface area contributed by atoms with E-state index in [0.29, 0.717) is 6.07 Å². The van der Waals surface area contributed by atoms with Crippen molar-refractivity contribution in [1.29, 1.82) is 0 Å². The Morgan fingerprint density at radius 2 is 1.83 bits per heavy atom. The minimum atomic E-state index is -1.07. The Hall–Kier alpha value is -3.03. The molecule has 0 aliphatic rings. The summed E-state index contributed by atoms with van der Waals surface area (Å²) in [4.78, 5) is 23.3. The van der Waals surface area contributed by atoms with Crippen molar-refractivity contribution in [2.45, 2.75) is 0 Å². The highest BCUT2D eigenvalue weighted by Crippen LogP contribution is 2.22. The normalized spacial score (nSPS) is 10.2. The van der Waals surface area contributed by atoms with E-state index in [2.05, 4.69) is 10.6 Å². The highest BCUT2D eigenvalue weighted by molar-refractivity contribution is 5.99. The number of benzene rings is 2. The average molecular weight is 324 g/mol. The molecule has 0 saturated carbocycles. The second-order valence-electron chi connectivity index (χ2n) is 4.49. The van der Waals surface area contributed by atoms with Crippen molar-refractivity contribution in [2.75, 3.05) is 11.9 Å². The molecule has 2 aromatic carbocycles. The van der Waals surface area contributed by atoms with Crippen LogP contribution in [0.15, 0.2) is 36.4 Å². The fourth-order valence-corrected chi connectivity index (χ4v) is 1.74. The first-order valence-electron chi connectivity index (χ1n) is 6.39. The van der Waals surface area contributed by atoms with Crippen molar-refractivity contribution < 1.29 is 27.9 Å². The minimum Gasteiger partial charge on any atom is -0.505 e. The summed E-state index contributed by atoms with van der Waals surface area (Å²) in [6.07, 6.45) is 0. The fourth-order valence-electron chi connectivity index (χ4n) is 1.74. The summed E-state index contributed by atoms with van der Waals surface area (Å²) in [5, 5.41) is 13.4. The van der Waals surface area contributed by atoms with Crippen molar-refractivity contribution in [3.05, 3.63) is 59.4 Å². The van der Waals surface area contributed by atoms with Gasteiger partial charge in [0.05, 0.1) is 17.8 Å². The Morgan fingerprint density at radius 3 is 2.52 bits per heavy atom. The molecule has 8 heteroatoms. The van der Waals surface area contributed by atoms with E-state index in [-0.39, 0.29) is 5.69 Å². The maximum Gasteiger partial charge on any atom is 0.254 e. The molecule has 3 N–H and O–H groups in total. The van der Waals surface area contributed by atoms with E-state index in [9.17, 15) is 22.8 Å². The van der Waals surface area contributed by atoms with Gasteiger partial charge in [-0.1, -0.05) is 6.07 Å². The number of hydrogen-bond donors (Lipinski definition) is 3. The number of aromatic hydroxyl groups is 1. The quantitative estimate of drug-likeness (QED) is 0.806. The third kappa shape index (κ3) is 4.00. The zero-order valence-corrected chi connectivity index (χ0v) is 11.6. The molecule has 0 fully saturated rings. The van der Waals surface area contributed by atoms with Gasteiger partial charge in [0.25, 0.3) is 5.91 Å². The van der Waals surface area contributed by atoms with Crippen molar-refractivity contribution in [3.63, 3.8) is 0 Å². The van der Waals surface area contributed by atoms with Crippen LogP contribution in [0.2, 0.25) is 0 Å². The molecule has 0 radical (unpaired) electrons. The Balaban J connectivity index is 1.96. The van der Waals surface area contributed by atoms with Crippen molar-refractivity contribution in [3.8, 4) is 5.75 Å². The topological polar surface area (TPSA) is 78.4 Å². The van der Waals surface area contributed by atoms with Crippen LogP contribution >= 0.6 is 0 Å². The van der Waals surface area contributed by atoms with Crippen LogP contribution < -0.4 is 10.6 Å². The van der Waals surface area contributed by atoms with E-state index in [1.807, 2.05) is 0 Å². The number of halogens is 3. The summed E-state index contributed by atoms with van der Waals surface area (Å²) in [5.41, 5.74) is -0.694. The number of rotatable bonds is 4. The lowest BCUT2D eigenvalue weighted by Crippen LogP contribution is -2.33. The summed E-state index contributed by atoms with van der Waals surface area (Å²) in [5.74, 6) is -5.27. The predicted octanol–water partition coefficient (Wildman–Crippen LogP) is 2.18. The van der Waals surface area contributed by atoms with Gasteiger partial charge >= 0.3 is 0 Å². The summed E-state index contributed by atoms with van der Waals surface area (Å²) in [7, 11) is 0. The summed E-state index contributed by atoms with van der Waals surface area (Å²) in [6.45, 7) is -0.565. The average Bonchev–Trinajstić information content (AvgIpc) is 2.49. The zero-order valence-electron chi connectivity index (χ0n) is 11.6. The molecule has 120 valence electrons. The molecule has 0 saturated heterocycles. The molecule has 2 aromatic rings. The Labute approximate surface area is 128 Å². The summed E-state index contributed by atoms with van der Waals surface area (Å²) >= 11 is 0. The van der Waals surface area contributed by atoms with Crippen LogP contribution in [0.5, 0.6) is 5.75 Å². The molecule has 0 spiro atoms. The van der Waals surface area contributed by atoms with Gasteiger partial charge in [0.15, 0.2) is 11.6 Å². The number of nitrogens with one attached hydrogen (secondary N) is 2. The lowest BCUT2D eigenvalue weighted by atomic mass is 10.2. The smallest absolute Gasteiger partial charge is 0.254 e. The van der Waals surface area contributed by atoms with E-state index < -0.39 is 47.1 Å². The van der Waals surface area contributed by atoms with Crippen molar-refractivity contribution >= 4 is 17.5 Å². The van der Waals surface area contributed by atoms with Crippen LogP contribution in [0.1, 0.15) is 10.4 Å². The Bertz CT molecular complexity index is 766.